The van der Waals surface area contributed by atoms with E-state index in [4.69, 9.17) is 4.74 Å². The summed E-state index contributed by atoms with van der Waals surface area (Å²) in [5.74, 6) is 0. The maximum Gasteiger partial charge on any atom is 0.0723 e. The molecule has 1 heterocycles. The first kappa shape index (κ1) is 16.3. The molecule has 3 nitrogen and oxygen atoms in total. The fourth-order valence-electron chi connectivity index (χ4n) is 4.07. The Morgan fingerprint density at radius 2 is 1.70 bits per heavy atom. The highest BCUT2D eigenvalue weighted by atomic mass is 16.5. The van der Waals surface area contributed by atoms with Gasteiger partial charge in [0.2, 0.25) is 0 Å². The van der Waals surface area contributed by atoms with Gasteiger partial charge in [-0.25, -0.2) is 0 Å². The van der Waals surface area contributed by atoms with Crippen molar-refractivity contribution >= 4 is 0 Å². The molecular formula is C17H33NO2. The highest BCUT2D eigenvalue weighted by molar-refractivity contribution is 5.00. The predicted octanol–water partition coefficient (Wildman–Crippen LogP) is 3.35. The number of unbranched alkanes of at least 4 members (excludes halogenated alkanes) is 4. The molecule has 1 aliphatic carbocycles. The van der Waals surface area contributed by atoms with Gasteiger partial charge in [-0.3, -0.25) is 4.90 Å². The summed E-state index contributed by atoms with van der Waals surface area (Å²) in [5, 5.41) is 10.8. The first-order chi connectivity index (χ1) is 9.79. The molecule has 118 valence electrons. The van der Waals surface area contributed by atoms with Crippen molar-refractivity contribution in [3.63, 3.8) is 0 Å². The van der Waals surface area contributed by atoms with Crippen molar-refractivity contribution in [2.45, 2.75) is 82.8 Å². The van der Waals surface area contributed by atoms with Crippen LogP contribution in [0, 0.1) is 0 Å². The fourth-order valence-corrected chi connectivity index (χ4v) is 4.07. The lowest BCUT2D eigenvalue weighted by Gasteiger charge is -2.46. The lowest BCUT2D eigenvalue weighted by atomic mass is 9.84. The smallest absolute Gasteiger partial charge is 0.0723 e. The number of rotatable bonds is 8. The van der Waals surface area contributed by atoms with Gasteiger partial charge in [-0.1, -0.05) is 51.9 Å². The van der Waals surface area contributed by atoms with E-state index in [0.29, 0.717) is 0 Å². The van der Waals surface area contributed by atoms with Crippen LogP contribution < -0.4 is 0 Å². The van der Waals surface area contributed by atoms with Crippen molar-refractivity contribution in [1.29, 1.82) is 0 Å². The second-order valence-corrected chi connectivity index (χ2v) is 6.63. The second kappa shape index (κ2) is 8.35. The molecule has 0 aromatic carbocycles. The largest absolute Gasteiger partial charge is 0.391 e. The monoisotopic (exact) mass is 283 g/mol. The number of ether oxygens (including phenoxy) is 1. The van der Waals surface area contributed by atoms with Gasteiger partial charge in [0, 0.05) is 18.6 Å². The molecule has 0 amide bonds. The third-order valence-electron chi connectivity index (χ3n) is 5.31. The fraction of sp³-hybridized carbons (Fsp3) is 1.00. The maximum absolute atomic E-state index is 10.8. The Morgan fingerprint density at radius 3 is 2.35 bits per heavy atom. The maximum atomic E-state index is 10.8. The molecule has 0 bridgehead atoms. The van der Waals surface area contributed by atoms with E-state index in [2.05, 4.69) is 11.8 Å². The molecule has 3 heteroatoms. The summed E-state index contributed by atoms with van der Waals surface area (Å²) < 4.78 is 5.49. The zero-order valence-corrected chi connectivity index (χ0v) is 13.3. The van der Waals surface area contributed by atoms with Gasteiger partial charge in [-0.2, -0.15) is 0 Å². The Morgan fingerprint density at radius 1 is 1.05 bits per heavy atom. The number of nitrogens with zero attached hydrogens (tertiary/aromatic N) is 1. The van der Waals surface area contributed by atoms with Crippen LogP contribution in [0.25, 0.3) is 0 Å². The van der Waals surface area contributed by atoms with Crippen molar-refractivity contribution in [2.24, 2.45) is 0 Å². The molecule has 2 rings (SSSR count). The first-order valence-electron chi connectivity index (χ1n) is 8.80. The Kier molecular flexibility index (Phi) is 6.79. The van der Waals surface area contributed by atoms with Gasteiger partial charge < -0.3 is 9.84 Å². The van der Waals surface area contributed by atoms with Gasteiger partial charge in [-0.05, 0) is 19.3 Å². The van der Waals surface area contributed by atoms with Gasteiger partial charge in [0.05, 0.1) is 19.3 Å². The average molecular weight is 283 g/mol. The summed E-state index contributed by atoms with van der Waals surface area (Å²) >= 11 is 0. The minimum atomic E-state index is -0.135. The number of hydrogen-bond donors (Lipinski definition) is 1. The molecule has 1 unspecified atom stereocenters. The zero-order valence-electron chi connectivity index (χ0n) is 13.3. The zero-order chi connectivity index (χ0) is 14.3. The molecule has 1 atom stereocenters. The topological polar surface area (TPSA) is 32.7 Å². The quantitative estimate of drug-likeness (QED) is 0.693. The predicted molar refractivity (Wildman–Crippen MR) is 83.0 cm³/mol. The average Bonchev–Trinajstić information content (AvgIpc) is 2.99. The van der Waals surface area contributed by atoms with Crippen LogP contribution in [0.2, 0.25) is 0 Å². The molecule has 0 aromatic heterocycles. The van der Waals surface area contributed by atoms with E-state index in [1.807, 2.05) is 0 Å². The molecule has 1 N–H and O–H groups in total. The van der Waals surface area contributed by atoms with Crippen LogP contribution in [0.4, 0.5) is 0 Å². The van der Waals surface area contributed by atoms with Gasteiger partial charge in [0.15, 0.2) is 0 Å². The third kappa shape index (κ3) is 3.96. The standard InChI is InChI=1S/C17H33NO2/c1-2-3-4-5-6-9-16(19)17(10-7-8-11-17)18-12-14-20-15-13-18/h16,19H,2-15H2,1H3. The molecule has 1 saturated heterocycles. The summed E-state index contributed by atoms with van der Waals surface area (Å²) in [6, 6.07) is 0. The second-order valence-electron chi connectivity index (χ2n) is 6.63. The highest BCUT2D eigenvalue weighted by Crippen LogP contribution is 2.40. The first-order valence-corrected chi connectivity index (χ1v) is 8.80. The third-order valence-corrected chi connectivity index (χ3v) is 5.31. The molecule has 1 aliphatic heterocycles. The van der Waals surface area contributed by atoms with Gasteiger partial charge >= 0.3 is 0 Å². The van der Waals surface area contributed by atoms with Crippen molar-refractivity contribution < 1.29 is 9.84 Å². The number of aliphatic hydroxyl groups excluding tert-OH is 1. The normalized spacial score (nSPS) is 24.9. The Balaban J connectivity index is 1.83. The van der Waals surface area contributed by atoms with Crippen LogP contribution in [0.15, 0.2) is 0 Å². The molecular weight excluding hydrogens is 250 g/mol. The molecule has 20 heavy (non-hydrogen) atoms. The summed E-state index contributed by atoms with van der Waals surface area (Å²) in [7, 11) is 0. The summed E-state index contributed by atoms with van der Waals surface area (Å²) in [4.78, 5) is 2.54. The van der Waals surface area contributed by atoms with Crippen LogP contribution in [0.5, 0.6) is 0 Å². The van der Waals surface area contributed by atoms with E-state index in [1.165, 1.54) is 57.8 Å². The molecule has 0 spiro atoms. The van der Waals surface area contributed by atoms with E-state index >= 15 is 0 Å². The van der Waals surface area contributed by atoms with Gasteiger partial charge in [-0.15, -0.1) is 0 Å². The van der Waals surface area contributed by atoms with Gasteiger partial charge in [0.25, 0.3) is 0 Å². The van der Waals surface area contributed by atoms with Gasteiger partial charge in [0.1, 0.15) is 0 Å². The van der Waals surface area contributed by atoms with Crippen molar-refractivity contribution in [3.8, 4) is 0 Å². The van der Waals surface area contributed by atoms with Crippen LogP contribution in [-0.4, -0.2) is 48.0 Å². The minimum Gasteiger partial charge on any atom is -0.391 e. The Labute approximate surface area is 124 Å². The number of morpholine rings is 1. The molecule has 2 fully saturated rings. The van der Waals surface area contributed by atoms with Crippen LogP contribution in [-0.2, 0) is 4.74 Å². The molecule has 2 aliphatic rings. The van der Waals surface area contributed by atoms with E-state index in [9.17, 15) is 5.11 Å². The Hall–Kier alpha value is -0.120. The molecule has 1 saturated carbocycles. The Bertz CT molecular complexity index is 258. The van der Waals surface area contributed by atoms with Crippen molar-refractivity contribution in [1.82, 2.24) is 4.90 Å². The summed E-state index contributed by atoms with van der Waals surface area (Å²) in [6.07, 6.45) is 12.2. The highest BCUT2D eigenvalue weighted by Gasteiger charge is 2.45. The lowest BCUT2D eigenvalue weighted by molar-refractivity contribution is -0.0784. The van der Waals surface area contributed by atoms with Crippen LogP contribution in [0.1, 0.15) is 71.1 Å². The summed E-state index contributed by atoms with van der Waals surface area (Å²) in [5.41, 5.74) is 0.0779. The van der Waals surface area contributed by atoms with E-state index in [1.54, 1.807) is 0 Å². The molecule has 0 aromatic rings. The number of aliphatic hydroxyl groups is 1. The summed E-state index contributed by atoms with van der Waals surface area (Å²) in [6.45, 7) is 5.94. The van der Waals surface area contributed by atoms with Crippen molar-refractivity contribution in [3.05, 3.63) is 0 Å². The SMILES string of the molecule is CCCCCCCC(O)C1(N2CCOCC2)CCCC1. The van der Waals surface area contributed by atoms with E-state index < -0.39 is 0 Å². The van der Waals surface area contributed by atoms with Crippen LogP contribution in [0.3, 0.4) is 0 Å². The molecule has 0 radical (unpaired) electrons. The van der Waals surface area contributed by atoms with E-state index in [0.717, 1.165) is 32.7 Å². The minimum absolute atomic E-state index is 0.0779. The lowest BCUT2D eigenvalue weighted by Crippen LogP contribution is -2.58. The van der Waals surface area contributed by atoms with E-state index in [-0.39, 0.29) is 11.6 Å². The van der Waals surface area contributed by atoms with Crippen LogP contribution >= 0.6 is 0 Å². The van der Waals surface area contributed by atoms with Crippen molar-refractivity contribution in [2.75, 3.05) is 26.3 Å². The number of hydrogen-bond acceptors (Lipinski definition) is 3.